The Kier molecular flexibility index (Phi) is 14.3. The van der Waals surface area contributed by atoms with Crippen LogP contribution in [0.1, 0.15) is 21.5 Å². The van der Waals surface area contributed by atoms with Crippen molar-refractivity contribution in [1.82, 2.24) is 9.78 Å². The number of carbonyl (C=O) groups excluding carboxylic acids is 1. The van der Waals surface area contributed by atoms with Gasteiger partial charge in [0.05, 0.1) is 58.3 Å². The van der Waals surface area contributed by atoms with E-state index in [1.807, 2.05) is 164 Å². The van der Waals surface area contributed by atoms with Crippen molar-refractivity contribution >= 4 is 84.8 Å². The molecular weight excluding hydrogens is 968 g/mol. The highest BCUT2D eigenvalue weighted by Crippen LogP contribution is 2.43. The minimum absolute atomic E-state index is 0.205. The van der Waals surface area contributed by atoms with Gasteiger partial charge in [-0.2, -0.15) is 15.3 Å². The first-order valence-electron chi connectivity index (χ1n) is 23.6. The van der Waals surface area contributed by atoms with Crippen LogP contribution in [0.5, 0.6) is 11.5 Å². The molecular formula is C60H48Cl2N8O4. The number of para-hydroxylation sites is 2. The summed E-state index contributed by atoms with van der Waals surface area (Å²) in [6, 6.07) is 58.1. The molecule has 0 saturated carbocycles. The van der Waals surface area contributed by atoms with Crippen LogP contribution in [0.15, 0.2) is 209 Å². The minimum atomic E-state index is -0.304. The molecule has 1 amide bonds. The Balaban J connectivity index is 0.930. The number of aryl methyl sites for hydroxylation is 1. The van der Waals surface area contributed by atoms with Gasteiger partial charge < -0.3 is 14.4 Å². The van der Waals surface area contributed by atoms with E-state index < -0.39 is 0 Å². The zero-order valence-corrected chi connectivity index (χ0v) is 42.6. The Labute approximate surface area is 438 Å². The van der Waals surface area contributed by atoms with Gasteiger partial charge in [0.15, 0.2) is 11.5 Å². The van der Waals surface area contributed by atoms with Gasteiger partial charge in [0, 0.05) is 47.8 Å². The van der Waals surface area contributed by atoms with E-state index in [-0.39, 0.29) is 12.5 Å². The van der Waals surface area contributed by atoms with Crippen LogP contribution in [-0.2, 0) is 11.4 Å². The molecule has 0 saturated heterocycles. The number of carbonyl (C=O) groups is 1. The first-order chi connectivity index (χ1) is 36.1. The summed E-state index contributed by atoms with van der Waals surface area (Å²) in [5, 5.41) is 30.2. The minimum Gasteiger partial charge on any atom is -0.494 e. The number of methoxy groups -OCH3 is 2. The molecule has 0 atom stereocenters. The van der Waals surface area contributed by atoms with Crippen molar-refractivity contribution in [3.8, 4) is 39.6 Å². The molecule has 0 aliphatic rings. The third kappa shape index (κ3) is 10.1. The number of anilines is 2. The van der Waals surface area contributed by atoms with Crippen LogP contribution in [-0.4, -0.2) is 44.0 Å². The molecule has 14 heteroatoms. The average Bonchev–Trinajstić information content (AvgIpc) is 3.89. The Morgan fingerprint density at radius 1 is 0.595 bits per heavy atom. The number of aromatic nitrogens is 2. The maximum Gasteiger partial charge on any atom is 0.261 e. The highest BCUT2D eigenvalue weighted by Gasteiger charge is 2.25. The maximum absolute atomic E-state index is 14.1. The summed E-state index contributed by atoms with van der Waals surface area (Å²) in [4.78, 5) is 21.8. The van der Waals surface area contributed by atoms with Crippen molar-refractivity contribution in [2.45, 2.75) is 13.5 Å². The second-order valence-corrected chi connectivity index (χ2v) is 18.2. The fourth-order valence-corrected chi connectivity index (χ4v) is 9.29. The summed E-state index contributed by atoms with van der Waals surface area (Å²) < 4.78 is 13.8. The SMILES string of the molecule is COc1c(CON(C)c2ccccc2Cl)cc2ccccc2c1N=Nc1ccc(-n2cc(-c3ccc(N=Nc4c(OC)c(C(=O)N(C)c5ccccc5Cl)cc5ccccc45)cc3)c(-c3ccc(C)cc3)n2)cc1. The highest BCUT2D eigenvalue weighted by atomic mass is 35.5. The molecule has 1 heterocycles. The second kappa shape index (κ2) is 21.6. The number of halogens is 2. The molecule has 10 rings (SSSR count). The number of hydrogen-bond donors (Lipinski definition) is 0. The van der Waals surface area contributed by atoms with Crippen LogP contribution in [0.2, 0.25) is 10.0 Å². The van der Waals surface area contributed by atoms with Crippen molar-refractivity contribution in [2.75, 3.05) is 38.3 Å². The number of ether oxygens (including phenoxy) is 2. The van der Waals surface area contributed by atoms with Crippen molar-refractivity contribution in [1.29, 1.82) is 0 Å². The Morgan fingerprint density at radius 2 is 1.12 bits per heavy atom. The molecule has 366 valence electrons. The third-order valence-electron chi connectivity index (χ3n) is 12.7. The van der Waals surface area contributed by atoms with E-state index in [1.54, 1.807) is 31.4 Å². The maximum atomic E-state index is 14.1. The van der Waals surface area contributed by atoms with Gasteiger partial charge in [-0.3, -0.25) is 14.7 Å². The monoisotopic (exact) mass is 1010 g/mol. The molecule has 0 aliphatic carbocycles. The molecule has 1 aromatic heterocycles. The number of benzene rings is 9. The predicted octanol–water partition coefficient (Wildman–Crippen LogP) is 16.8. The summed E-state index contributed by atoms with van der Waals surface area (Å²) in [6.45, 7) is 2.27. The third-order valence-corrected chi connectivity index (χ3v) is 13.3. The van der Waals surface area contributed by atoms with Gasteiger partial charge in [0.25, 0.3) is 5.91 Å². The van der Waals surface area contributed by atoms with Crippen LogP contribution in [0.3, 0.4) is 0 Å². The fourth-order valence-electron chi connectivity index (χ4n) is 8.77. The lowest BCUT2D eigenvalue weighted by atomic mass is 10.0. The number of fused-ring (bicyclic) bond motifs is 2. The number of hydroxylamine groups is 1. The van der Waals surface area contributed by atoms with E-state index in [0.717, 1.165) is 66.4 Å². The number of amides is 1. The zero-order chi connectivity index (χ0) is 51.3. The second-order valence-electron chi connectivity index (χ2n) is 17.4. The van der Waals surface area contributed by atoms with Crippen LogP contribution in [0.25, 0.3) is 49.6 Å². The van der Waals surface area contributed by atoms with Gasteiger partial charge >= 0.3 is 0 Å². The molecule has 0 fully saturated rings. The number of rotatable bonds is 15. The first kappa shape index (κ1) is 48.9. The van der Waals surface area contributed by atoms with Gasteiger partial charge in [-0.25, -0.2) is 4.68 Å². The average molecular weight is 1020 g/mol. The van der Waals surface area contributed by atoms with E-state index in [2.05, 4.69) is 36.3 Å². The van der Waals surface area contributed by atoms with Crippen molar-refractivity contribution in [3.63, 3.8) is 0 Å². The van der Waals surface area contributed by atoms with E-state index in [9.17, 15) is 4.79 Å². The number of azo groups is 2. The summed E-state index contributed by atoms with van der Waals surface area (Å²) in [5.41, 5.74) is 10.3. The molecule has 74 heavy (non-hydrogen) atoms. The van der Waals surface area contributed by atoms with Crippen molar-refractivity contribution in [2.24, 2.45) is 20.5 Å². The molecule has 0 unspecified atom stereocenters. The number of nitrogens with zero attached hydrogens (tertiary/aromatic N) is 8. The van der Waals surface area contributed by atoms with Crippen molar-refractivity contribution < 1.29 is 19.1 Å². The normalized spacial score (nSPS) is 11.5. The van der Waals surface area contributed by atoms with Crippen molar-refractivity contribution in [3.05, 3.63) is 215 Å². The molecule has 0 radical (unpaired) electrons. The summed E-state index contributed by atoms with van der Waals surface area (Å²) in [6.07, 6.45) is 2.02. The molecule has 0 aliphatic heterocycles. The van der Waals surface area contributed by atoms with Crippen LogP contribution in [0, 0.1) is 6.92 Å². The lowest BCUT2D eigenvalue weighted by molar-refractivity contribution is 0.0990. The molecule has 0 spiro atoms. The summed E-state index contributed by atoms with van der Waals surface area (Å²) >= 11 is 12.9. The molecule has 12 nitrogen and oxygen atoms in total. The lowest BCUT2D eigenvalue weighted by Crippen LogP contribution is -2.27. The standard InChI is InChI=1S/C60H48Cl2N8O4/c1-38-22-24-40(25-23-38)55-50(39-26-28-44(29-27-39)63-66-57-48-17-9-7-15-42(48)35-49(59(57)73-5)60(71)68(2)53-20-12-10-18-51(53)61)36-70(67-55)46-32-30-45(31-33-46)64-65-56-47-16-8-6-14-41(47)34-43(58(56)72-4)37-74-69(3)54-21-13-11-19-52(54)62/h6-36H,37H2,1-5H3. The Hall–Kier alpha value is -8.68. The largest absolute Gasteiger partial charge is 0.494 e. The van der Waals surface area contributed by atoms with E-state index in [0.29, 0.717) is 55.5 Å². The zero-order valence-electron chi connectivity index (χ0n) is 41.1. The smallest absolute Gasteiger partial charge is 0.261 e. The molecule has 0 N–H and O–H groups in total. The van der Waals surface area contributed by atoms with E-state index >= 15 is 0 Å². The molecule has 9 aromatic carbocycles. The van der Waals surface area contributed by atoms with Gasteiger partial charge in [-0.15, -0.1) is 10.2 Å². The lowest BCUT2D eigenvalue weighted by Gasteiger charge is -2.21. The van der Waals surface area contributed by atoms with Crippen LogP contribution < -0.4 is 19.4 Å². The Morgan fingerprint density at radius 3 is 1.73 bits per heavy atom. The van der Waals surface area contributed by atoms with E-state index in [4.69, 9.17) is 58.0 Å². The molecule has 10 aromatic rings. The van der Waals surface area contributed by atoms with Crippen LogP contribution >= 0.6 is 23.2 Å². The first-order valence-corrected chi connectivity index (χ1v) is 24.4. The number of hydrogen-bond acceptors (Lipinski definition) is 10. The van der Waals surface area contributed by atoms with Gasteiger partial charge in [0.2, 0.25) is 0 Å². The van der Waals surface area contributed by atoms with E-state index in [1.165, 1.54) is 12.0 Å². The summed E-state index contributed by atoms with van der Waals surface area (Å²) in [5.74, 6) is 0.563. The highest BCUT2D eigenvalue weighted by molar-refractivity contribution is 6.34. The van der Waals surface area contributed by atoms with Gasteiger partial charge in [0.1, 0.15) is 23.7 Å². The van der Waals surface area contributed by atoms with Gasteiger partial charge in [-0.05, 0) is 96.1 Å². The van der Waals surface area contributed by atoms with Gasteiger partial charge in [-0.1, -0.05) is 138 Å². The Bertz CT molecular complexity index is 3750. The van der Waals surface area contributed by atoms with Crippen LogP contribution in [0.4, 0.5) is 34.1 Å². The summed E-state index contributed by atoms with van der Waals surface area (Å²) in [7, 11) is 6.65. The topological polar surface area (TPSA) is 118 Å². The fraction of sp³-hybridized carbons (Fsp3) is 0.100. The quantitative estimate of drug-likeness (QED) is 0.0745. The molecule has 0 bridgehead atoms. The predicted molar refractivity (Wildman–Crippen MR) is 297 cm³/mol.